The van der Waals surface area contributed by atoms with Crippen molar-refractivity contribution in [1.82, 2.24) is 0 Å². The van der Waals surface area contributed by atoms with E-state index in [1.54, 1.807) is 12.1 Å². The van der Waals surface area contributed by atoms with Crippen molar-refractivity contribution in [3.8, 4) is 0 Å². The van der Waals surface area contributed by atoms with Gasteiger partial charge in [0.1, 0.15) is 0 Å². The van der Waals surface area contributed by atoms with Gasteiger partial charge in [-0.3, -0.25) is 0 Å². The van der Waals surface area contributed by atoms with E-state index in [0.717, 1.165) is 24.4 Å². The number of nitrogens with zero attached hydrogens (tertiary/aromatic N) is 1. The summed E-state index contributed by atoms with van der Waals surface area (Å²) in [4.78, 5) is 13.2. The van der Waals surface area contributed by atoms with Gasteiger partial charge in [0.05, 0.1) is 5.56 Å². The third-order valence-electron chi connectivity index (χ3n) is 3.01. The first-order chi connectivity index (χ1) is 8.18. The summed E-state index contributed by atoms with van der Waals surface area (Å²) in [6, 6.07) is 5.40. The van der Waals surface area contributed by atoms with Gasteiger partial charge >= 0.3 is 5.97 Å². The van der Waals surface area contributed by atoms with Crippen LogP contribution in [0.5, 0.6) is 0 Å². The van der Waals surface area contributed by atoms with E-state index in [-0.39, 0.29) is 0 Å². The number of thioether (sulfide) groups is 1. The lowest BCUT2D eigenvalue weighted by Crippen LogP contribution is -2.26. The number of carbonyl (C=O) groups is 1. The topological polar surface area (TPSA) is 40.5 Å². The van der Waals surface area contributed by atoms with Crippen LogP contribution in [0.2, 0.25) is 0 Å². The summed E-state index contributed by atoms with van der Waals surface area (Å²) >= 11 is 1.99. The molecule has 1 heterocycles. The molecule has 0 spiro atoms. The van der Waals surface area contributed by atoms with E-state index in [2.05, 4.69) is 4.90 Å². The number of hydrogen-bond donors (Lipinski definition) is 1. The minimum absolute atomic E-state index is 0.371. The Kier molecular flexibility index (Phi) is 3.94. The van der Waals surface area contributed by atoms with Crippen molar-refractivity contribution in [2.75, 3.05) is 29.5 Å². The second-order valence-corrected chi connectivity index (χ2v) is 5.48. The Labute approximate surface area is 106 Å². The van der Waals surface area contributed by atoms with Gasteiger partial charge in [0.25, 0.3) is 0 Å². The van der Waals surface area contributed by atoms with Gasteiger partial charge in [-0.15, -0.1) is 0 Å². The van der Waals surface area contributed by atoms with E-state index in [9.17, 15) is 4.79 Å². The summed E-state index contributed by atoms with van der Waals surface area (Å²) in [5.41, 5.74) is 2.60. The van der Waals surface area contributed by atoms with Gasteiger partial charge in [-0.25, -0.2) is 4.79 Å². The highest BCUT2D eigenvalue weighted by atomic mass is 32.2. The predicted octanol–water partition coefficient (Wildman–Crippen LogP) is 2.64. The Morgan fingerprint density at radius 3 is 2.88 bits per heavy atom. The smallest absolute Gasteiger partial charge is 0.335 e. The average Bonchev–Trinajstić information content (AvgIpc) is 2.57. The molecule has 0 saturated carbocycles. The van der Waals surface area contributed by atoms with E-state index in [1.807, 2.05) is 24.8 Å². The highest BCUT2D eigenvalue weighted by Crippen LogP contribution is 2.24. The zero-order valence-corrected chi connectivity index (χ0v) is 10.8. The van der Waals surface area contributed by atoms with Crippen LogP contribution in [-0.4, -0.2) is 35.7 Å². The van der Waals surface area contributed by atoms with Crippen LogP contribution in [0, 0.1) is 6.92 Å². The second-order valence-electron chi connectivity index (χ2n) is 4.26. The molecule has 1 aromatic carbocycles. The Balaban J connectivity index is 2.22. The van der Waals surface area contributed by atoms with Crippen LogP contribution in [-0.2, 0) is 0 Å². The third kappa shape index (κ3) is 2.94. The van der Waals surface area contributed by atoms with E-state index in [0.29, 0.717) is 5.56 Å². The molecule has 3 nitrogen and oxygen atoms in total. The molecule has 1 aliphatic heterocycles. The molecule has 1 N–H and O–H groups in total. The van der Waals surface area contributed by atoms with Crippen molar-refractivity contribution < 1.29 is 9.90 Å². The lowest BCUT2D eigenvalue weighted by Gasteiger charge is -2.24. The Hall–Kier alpha value is -1.16. The molecule has 0 aromatic heterocycles. The highest BCUT2D eigenvalue weighted by Gasteiger charge is 2.13. The van der Waals surface area contributed by atoms with Crippen molar-refractivity contribution in [2.45, 2.75) is 13.3 Å². The number of aryl methyl sites for hydroxylation is 1. The lowest BCUT2D eigenvalue weighted by molar-refractivity contribution is 0.0697. The summed E-state index contributed by atoms with van der Waals surface area (Å²) in [5.74, 6) is 1.52. The summed E-state index contributed by atoms with van der Waals surface area (Å²) in [7, 11) is 0. The largest absolute Gasteiger partial charge is 0.478 e. The fraction of sp³-hybridized carbons (Fsp3) is 0.462. The van der Waals surface area contributed by atoms with Crippen LogP contribution >= 0.6 is 11.8 Å². The molecule has 1 aromatic rings. The summed E-state index contributed by atoms with van der Waals surface area (Å²) in [6.07, 6.45) is 1.20. The molecule has 0 bridgehead atoms. The molecule has 0 radical (unpaired) electrons. The average molecular weight is 251 g/mol. The van der Waals surface area contributed by atoms with Gasteiger partial charge in [0, 0.05) is 24.5 Å². The highest BCUT2D eigenvalue weighted by molar-refractivity contribution is 7.99. The number of carboxylic acids is 1. The zero-order valence-electron chi connectivity index (χ0n) is 9.98. The summed E-state index contributed by atoms with van der Waals surface area (Å²) in [5, 5.41) is 8.94. The van der Waals surface area contributed by atoms with Crippen LogP contribution in [0.1, 0.15) is 22.3 Å². The first kappa shape index (κ1) is 12.3. The molecule has 0 atom stereocenters. The molecular formula is C13H17NO2S. The minimum Gasteiger partial charge on any atom is -0.478 e. The normalized spacial score (nSPS) is 16.6. The quantitative estimate of drug-likeness (QED) is 0.877. The maximum Gasteiger partial charge on any atom is 0.335 e. The molecule has 0 unspecified atom stereocenters. The molecule has 0 aliphatic carbocycles. The maximum atomic E-state index is 10.9. The van der Waals surface area contributed by atoms with Crippen molar-refractivity contribution in [2.24, 2.45) is 0 Å². The van der Waals surface area contributed by atoms with Gasteiger partial charge in [0.15, 0.2) is 0 Å². The summed E-state index contributed by atoms with van der Waals surface area (Å²) < 4.78 is 0. The molecule has 1 aliphatic rings. The first-order valence-corrected chi connectivity index (χ1v) is 7.00. The standard InChI is InChI=1S/C13H17NO2S/c1-10-9-11(13(15)16)3-4-12(10)14-5-2-7-17-8-6-14/h3-4,9H,2,5-8H2,1H3,(H,15,16). The fourth-order valence-corrected chi connectivity index (χ4v) is 3.02. The lowest BCUT2D eigenvalue weighted by atomic mass is 10.1. The second kappa shape index (κ2) is 5.45. The number of anilines is 1. The van der Waals surface area contributed by atoms with Crippen molar-refractivity contribution in [3.63, 3.8) is 0 Å². The van der Waals surface area contributed by atoms with Gasteiger partial charge in [0.2, 0.25) is 0 Å². The van der Waals surface area contributed by atoms with Gasteiger partial charge in [-0.05, 0) is 42.9 Å². The minimum atomic E-state index is -0.855. The van der Waals surface area contributed by atoms with Crippen LogP contribution in [0.3, 0.4) is 0 Å². The number of carboxylic acid groups (broad SMARTS) is 1. The molecule has 17 heavy (non-hydrogen) atoms. The van der Waals surface area contributed by atoms with E-state index < -0.39 is 5.97 Å². The number of rotatable bonds is 2. The number of benzene rings is 1. The Morgan fingerprint density at radius 1 is 1.35 bits per heavy atom. The van der Waals surface area contributed by atoms with Crippen LogP contribution in [0.4, 0.5) is 5.69 Å². The SMILES string of the molecule is Cc1cc(C(=O)O)ccc1N1CCCSCC1. The molecule has 0 amide bonds. The molecule has 4 heteroatoms. The maximum absolute atomic E-state index is 10.9. The molecule has 1 saturated heterocycles. The Morgan fingerprint density at radius 2 is 2.18 bits per heavy atom. The summed E-state index contributed by atoms with van der Waals surface area (Å²) in [6.45, 7) is 4.11. The van der Waals surface area contributed by atoms with E-state index in [4.69, 9.17) is 5.11 Å². The van der Waals surface area contributed by atoms with Gasteiger partial charge < -0.3 is 10.0 Å². The van der Waals surface area contributed by atoms with Crippen molar-refractivity contribution in [1.29, 1.82) is 0 Å². The molecular weight excluding hydrogens is 234 g/mol. The van der Waals surface area contributed by atoms with Crippen molar-refractivity contribution in [3.05, 3.63) is 29.3 Å². The van der Waals surface area contributed by atoms with Gasteiger partial charge in [-0.1, -0.05) is 0 Å². The van der Waals surface area contributed by atoms with Crippen LogP contribution in [0.15, 0.2) is 18.2 Å². The zero-order chi connectivity index (χ0) is 12.3. The third-order valence-corrected chi connectivity index (χ3v) is 4.06. The van der Waals surface area contributed by atoms with Crippen molar-refractivity contribution >= 4 is 23.4 Å². The molecule has 92 valence electrons. The number of aromatic carboxylic acids is 1. The molecule has 2 rings (SSSR count). The monoisotopic (exact) mass is 251 g/mol. The fourth-order valence-electron chi connectivity index (χ4n) is 2.13. The first-order valence-electron chi connectivity index (χ1n) is 5.85. The molecule has 1 fully saturated rings. The van der Waals surface area contributed by atoms with Crippen LogP contribution < -0.4 is 4.90 Å². The van der Waals surface area contributed by atoms with Gasteiger partial charge in [-0.2, -0.15) is 11.8 Å². The van der Waals surface area contributed by atoms with E-state index >= 15 is 0 Å². The van der Waals surface area contributed by atoms with E-state index in [1.165, 1.54) is 17.9 Å². The number of hydrogen-bond acceptors (Lipinski definition) is 3. The predicted molar refractivity (Wildman–Crippen MR) is 72.3 cm³/mol. The van der Waals surface area contributed by atoms with Crippen LogP contribution in [0.25, 0.3) is 0 Å². The Bertz CT molecular complexity index is 412.